The van der Waals surface area contributed by atoms with Crippen LogP contribution in [0.3, 0.4) is 0 Å². The molecule has 0 aromatic carbocycles. The molecule has 0 aliphatic heterocycles. The Balaban J connectivity index is 1.76. The highest BCUT2D eigenvalue weighted by atomic mass is 15.2. The number of hydrogen-bond acceptors (Lipinski definition) is 2. The molecular weight excluding hydrogens is 172 g/mol. The molecule has 2 N–H and O–H groups in total. The molecule has 2 saturated carbocycles. The zero-order valence-corrected chi connectivity index (χ0v) is 9.41. The first-order valence-corrected chi connectivity index (χ1v) is 6.27. The van der Waals surface area contributed by atoms with Crippen molar-refractivity contribution in [2.75, 3.05) is 19.6 Å². The summed E-state index contributed by atoms with van der Waals surface area (Å²) in [6.07, 6.45) is 7.07. The van der Waals surface area contributed by atoms with Crippen LogP contribution in [0.1, 0.15) is 39.0 Å². The first-order valence-electron chi connectivity index (χ1n) is 6.27. The maximum absolute atomic E-state index is 5.77. The van der Waals surface area contributed by atoms with E-state index in [0.717, 1.165) is 24.4 Å². The van der Waals surface area contributed by atoms with Gasteiger partial charge in [-0.3, -0.25) is 4.90 Å². The van der Waals surface area contributed by atoms with E-state index in [1.54, 1.807) is 0 Å². The molecular formula is C12H24N2. The largest absolute Gasteiger partial charge is 0.330 e. The minimum atomic E-state index is 0.731. The fourth-order valence-electron chi connectivity index (χ4n) is 2.15. The summed E-state index contributed by atoms with van der Waals surface area (Å²) in [5.41, 5.74) is 5.77. The maximum Gasteiger partial charge on any atom is 0.00966 e. The molecule has 0 radical (unpaired) electrons. The van der Waals surface area contributed by atoms with Crippen LogP contribution in [0.25, 0.3) is 0 Å². The van der Waals surface area contributed by atoms with Gasteiger partial charge in [-0.25, -0.2) is 0 Å². The number of nitrogens with two attached hydrogens (primary N) is 1. The molecule has 0 spiro atoms. The monoisotopic (exact) mass is 196 g/mol. The molecule has 2 aliphatic carbocycles. The molecule has 0 aromatic heterocycles. The van der Waals surface area contributed by atoms with Crippen LogP contribution in [-0.4, -0.2) is 30.6 Å². The van der Waals surface area contributed by atoms with Gasteiger partial charge < -0.3 is 5.73 Å². The Morgan fingerprint density at radius 3 is 2.43 bits per heavy atom. The van der Waals surface area contributed by atoms with E-state index in [1.165, 1.54) is 45.2 Å². The van der Waals surface area contributed by atoms with Crippen LogP contribution in [0.15, 0.2) is 0 Å². The summed E-state index contributed by atoms with van der Waals surface area (Å²) in [7, 11) is 0. The lowest BCUT2D eigenvalue weighted by Crippen LogP contribution is -2.35. The number of rotatable bonds is 7. The molecule has 14 heavy (non-hydrogen) atoms. The summed E-state index contributed by atoms with van der Waals surface area (Å²) in [5.74, 6) is 1.76. The minimum absolute atomic E-state index is 0.731. The van der Waals surface area contributed by atoms with Crippen molar-refractivity contribution < 1.29 is 0 Å². The van der Waals surface area contributed by atoms with Crippen LogP contribution < -0.4 is 5.73 Å². The molecule has 1 unspecified atom stereocenters. The van der Waals surface area contributed by atoms with E-state index in [1.807, 2.05) is 0 Å². The fourth-order valence-corrected chi connectivity index (χ4v) is 2.15. The van der Waals surface area contributed by atoms with Gasteiger partial charge in [0, 0.05) is 19.1 Å². The Morgan fingerprint density at radius 1 is 1.29 bits per heavy atom. The van der Waals surface area contributed by atoms with Crippen LogP contribution in [0, 0.1) is 11.8 Å². The SMILES string of the molecule is CCC(CN)CN(CC1CC1)C1CC1. The lowest BCUT2D eigenvalue weighted by atomic mass is 10.1. The van der Waals surface area contributed by atoms with Gasteiger partial charge in [-0.2, -0.15) is 0 Å². The van der Waals surface area contributed by atoms with Gasteiger partial charge >= 0.3 is 0 Å². The van der Waals surface area contributed by atoms with Gasteiger partial charge in [0.1, 0.15) is 0 Å². The molecule has 0 saturated heterocycles. The Hall–Kier alpha value is -0.0800. The quantitative estimate of drug-likeness (QED) is 0.673. The van der Waals surface area contributed by atoms with Gasteiger partial charge in [-0.1, -0.05) is 13.3 Å². The van der Waals surface area contributed by atoms with Crippen molar-refractivity contribution in [3.8, 4) is 0 Å². The van der Waals surface area contributed by atoms with Crippen molar-refractivity contribution in [2.45, 2.75) is 45.1 Å². The second-order valence-corrected chi connectivity index (χ2v) is 5.14. The molecule has 0 amide bonds. The molecule has 1 atom stereocenters. The lowest BCUT2D eigenvalue weighted by molar-refractivity contribution is 0.212. The molecule has 82 valence electrons. The second-order valence-electron chi connectivity index (χ2n) is 5.14. The third kappa shape index (κ3) is 2.96. The van der Waals surface area contributed by atoms with Gasteiger partial charge in [-0.05, 0) is 44.1 Å². The summed E-state index contributed by atoms with van der Waals surface area (Å²) in [5, 5.41) is 0. The van der Waals surface area contributed by atoms with E-state index in [0.29, 0.717) is 0 Å². The average molecular weight is 196 g/mol. The average Bonchev–Trinajstić information content (AvgIpc) is 3.03. The smallest absolute Gasteiger partial charge is 0.00966 e. The molecule has 0 heterocycles. The first kappa shape index (κ1) is 10.4. The van der Waals surface area contributed by atoms with Crippen molar-refractivity contribution in [2.24, 2.45) is 17.6 Å². The molecule has 2 heteroatoms. The summed E-state index contributed by atoms with van der Waals surface area (Å²) < 4.78 is 0. The second kappa shape index (κ2) is 4.63. The van der Waals surface area contributed by atoms with E-state index in [4.69, 9.17) is 5.73 Å². The highest BCUT2D eigenvalue weighted by Gasteiger charge is 2.34. The van der Waals surface area contributed by atoms with E-state index in [-0.39, 0.29) is 0 Å². The predicted molar refractivity (Wildman–Crippen MR) is 60.2 cm³/mol. The van der Waals surface area contributed by atoms with Crippen molar-refractivity contribution in [3.05, 3.63) is 0 Å². The van der Waals surface area contributed by atoms with Crippen molar-refractivity contribution in [1.29, 1.82) is 0 Å². The zero-order chi connectivity index (χ0) is 9.97. The number of nitrogens with zero attached hydrogens (tertiary/aromatic N) is 1. The number of hydrogen-bond donors (Lipinski definition) is 1. The molecule has 0 aromatic rings. The summed E-state index contributed by atoms with van der Waals surface area (Å²) in [6, 6.07) is 0.927. The van der Waals surface area contributed by atoms with E-state index >= 15 is 0 Å². The van der Waals surface area contributed by atoms with Crippen LogP contribution in [0.4, 0.5) is 0 Å². The van der Waals surface area contributed by atoms with E-state index < -0.39 is 0 Å². The fraction of sp³-hybridized carbons (Fsp3) is 1.00. The topological polar surface area (TPSA) is 29.3 Å². The standard InChI is InChI=1S/C12H24N2/c1-2-10(7-13)8-14(12-5-6-12)9-11-3-4-11/h10-12H,2-9,13H2,1H3. The maximum atomic E-state index is 5.77. The third-order valence-electron chi connectivity index (χ3n) is 3.66. The first-order chi connectivity index (χ1) is 6.83. The lowest BCUT2D eigenvalue weighted by Gasteiger charge is -2.26. The van der Waals surface area contributed by atoms with Gasteiger partial charge in [0.05, 0.1) is 0 Å². The van der Waals surface area contributed by atoms with Gasteiger partial charge in [0.15, 0.2) is 0 Å². The third-order valence-corrected chi connectivity index (χ3v) is 3.66. The predicted octanol–water partition coefficient (Wildman–Crippen LogP) is 1.85. The van der Waals surface area contributed by atoms with Crippen LogP contribution in [-0.2, 0) is 0 Å². The van der Waals surface area contributed by atoms with Gasteiger partial charge in [0.2, 0.25) is 0 Å². The molecule has 2 nitrogen and oxygen atoms in total. The van der Waals surface area contributed by atoms with Gasteiger partial charge in [-0.15, -0.1) is 0 Å². The normalized spacial score (nSPS) is 24.2. The Bertz CT molecular complexity index is 169. The van der Waals surface area contributed by atoms with Crippen LogP contribution in [0.2, 0.25) is 0 Å². The molecule has 2 aliphatic rings. The van der Waals surface area contributed by atoms with Crippen LogP contribution >= 0.6 is 0 Å². The molecule has 2 fully saturated rings. The highest BCUT2D eigenvalue weighted by Crippen LogP contribution is 2.35. The van der Waals surface area contributed by atoms with E-state index in [9.17, 15) is 0 Å². The van der Waals surface area contributed by atoms with Crippen molar-refractivity contribution in [1.82, 2.24) is 4.90 Å². The summed E-state index contributed by atoms with van der Waals surface area (Å²) in [6.45, 7) is 5.75. The van der Waals surface area contributed by atoms with Crippen molar-refractivity contribution >= 4 is 0 Å². The van der Waals surface area contributed by atoms with Crippen LogP contribution in [0.5, 0.6) is 0 Å². The zero-order valence-electron chi connectivity index (χ0n) is 9.41. The minimum Gasteiger partial charge on any atom is -0.330 e. The van der Waals surface area contributed by atoms with E-state index in [2.05, 4.69) is 11.8 Å². The Morgan fingerprint density at radius 2 is 2.00 bits per heavy atom. The highest BCUT2D eigenvalue weighted by molar-refractivity contribution is 4.89. The Kier molecular flexibility index (Phi) is 3.45. The molecule has 2 rings (SSSR count). The summed E-state index contributed by atoms with van der Waals surface area (Å²) in [4.78, 5) is 2.72. The van der Waals surface area contributed by atoms with Crippen molar-refractivity contribution in [3.63, 3.8) is 0 Å². The Labute approximate surface area is 87.8 Å². The van der Waals surface area contributed by atoms with Gasteiger partial charge in [0.25, 0.3) is 0 Å². The molecule has 0 bridgehead atoms. The summed E-state index contributed by atoms with van der Waals surface area (Å²) >= 11 is 0.